The smallest absolute Gasteiger partial charge is 0.325 e. The summed E-state index contributed by atoms with van der Waals surface area (Å²) < 4.78 is 0. The molecule has 4 amide bonds. The Labute approximate surface area is 142 Å². The number of aliphatic hydroxyl groups excluding tert-OH is 1. The number of likely N-dealkylation sites (tertiary alicyclic amines) is 1. The van der Waals surface area contributed by atoms with Crippen molar-refractivity contribution in [2.75, 3.05) is 46.4 Å². The molecular formula is C16H28N4O4. The second-order valence-electron chi connectivity index (χ2n) is 7.30. The van der Waals surface area contributed by atoms with E-state index in [0.29, 0.717) is 13.1 Å². The number of carbonyl (C=O) groups is 3. The van der Waals surface area contributed by atoms with Crippen LogP contribution in [0.2, 0.25) is 0 Å². The lowest BCUT2D eigenvalue weighted by molar-refractivity contribution is -0.138. The molecule has 0 aromatic rings. The first-order chi connectivity index (χ1) is 11.2. The zero-order valence-electron chi connectivity index (χ0n) is 14.9. The molecule has 0 saturated carbocycles. The fourth-order valence-electron chi connectivity index (χ4n) is 3.28. The van der Waals surface area contributed by atoms with Gasteiger partial charge in [-0.2, -0.15) is 0 Å². The fraction of sp³-hybridized carbons (Fsp3) is 0.812. The lowest BCUT2D eigenvalue weighted by Crippen LogP contribution is -2.44. The van der Waals surface area contributed by atoms with Gasteiger partial charge in [-0.1, -0.05) is 6.92 Å². The normalized spacial score (nSPS) is 26.4. The van der Waals surface area contributed by atoms with Crippen LogP contribution in [0.3, 0.4) is 0 Å². The average Bonchev–Trinajstić information content (AvgIpc) is 3.01. The Bertz CT molecular complexity index is 522. The van der Waals surface area contributed by atoms with Crippen molar-refractivity contribution in [1.29, 1.82) is 0 Å². The summed E-state index contributed by atoms with van der Waals surface area (Å²) in [5, 5.41) is 12.1. The van der Waals surface area contributed by atoms with Gasteiger partial charge < -0.3 is 20.2 Å². The molecule has 0 aromatic heterocycles. The van der Waals surface area contributed by atoms with Crippen LogP contribution in [0, 0.1) is 11.8 Å². The minimum absolute atomic E-state index is 0.0299. The zero-order valence-corrected chi connectivity index (χ0v) is 14.9. The molecule has 2 rings (SSSR count). The predicted molar refractivity (Wildman–Crippen MR) is 88.1 cm³/mol. The number of urea groups is 1. The summed E-state index contributed by atoms with van der Waals surface area (Å²) >= 11 is 0. The first-order valence-electron chi connectivity index (χ1n) is 8.40. The van der Waals surface area contributed by atoms with E-state index in [9.17, 15) is 19.5 Å². The van der Waals surface area contributed by atoms with Crippen molar-refractivity contribution in [2.24, 2.45) is 11.8 Å². The summed E-state index contributed by atoms with van der Waals surface area (Å²) in [6, 6.07) is -0.529. The van der Waals surface area contributed by atoms with Crippen molar-refractivity contribution in [3.63, 3.8) is 0 Å². The largest absolute Gasteiger partial charge is 0.396 e. The SMILES string of the molecule is CCN(C)C[C@@H]1CN(C(=O)CN2C(=O)NC(C)(C)C2=O)C[C@@H]1CO. The first-order valence-corrected chi connectivity index (χ1v) is 8.40. The van der Waals surface area contributed by atoms with Gasteiger partial charge in [0.05, 0.1) is 0 Å². The van der Waals surface area contributed by atoms with E-state index in [1.54, 1.807) is 18.7 Å². The highest BCUT2D eigenvalue weighted by atomic mass is 16.3. The van der Waals surface area contributed by atoms with Crippen LogP contribution in [0.1, 0.15) is 20.8 Å². The van der Waals surface area contributed by atoms with Gasteiger partial charge in [0.1, 0.15) is 12.1 Å². The van der Waals surface area contributed by atoms with Gasteiger partial charge in [-0.05, 0) is 33.4 Å². The summed E-state index contributed by atoms with van der Waals surface area (Å²) in [5.74, 6) is -0.414. The number of aliphatic hydroxyl groups is 1. The molecule has 2 N–H and O–H groups in total. The van der Waals surface area contributed by atoms with Gasteiger partial charge in [0, 0.05) is 32.2 Å². The molecule has 2 heterocycles. The second kappa shape index (κ2) is 7.06. The summed E-state index contributed by atoms with van der Waals surface area (Å²) in [7, 11) is 2.01. The number of hydrogen-bond donors (Lipinski definition) is 2. The number of hydrogen-bond acceptors (Lipinski definition) is 5. The standard InChI is InChI=1S/C16H28N4O4/c1-5-18(4)6-11-7-19(8-12(11)10-21)13(22)9-20-14(23)16(2,3)17-15(20)24/h11-12,21H,5-10H2,1-4H3,(H,17,24)/t11-,12-/m1/s1. The Balaban J connectivity index is 1.98. The maximum absolute atomic E-state index is 12.5. The van der Waals surface area contributed by atoms with E-state index in [0.717, 1.165) is 18.0 Å². The molecule has 136 valence electrons. The Kier molecular flexibility index (Phi) is 5.49. The van der Waals surface area contributed by atoms with Crippen LogP contribution in [0.15, 0.2) is 0 Å². The van der Waals surface area contributed by atoms with Crippen LogP contribution in [0.4, 0.5) is 4.79 Å². The van der Waals surface area contributed by atoms with Gasteiger partial charge in [0.25, 0.3) is 5.91 Å². The van der Waals surface area contributed by atoms with E-state index in [4.69, 9.17) is 0 Å². The van der Waals surface area contributed by atoms with E-state index in [1.807, 2.05) is 7.05 Å². The van der Waals surface area contributed by atoms with E-state index in [-0.39, 0.29) is 36.8 Å². The molecular weight excluding hydrogens is 312 g/mol. The minimum atomic E-state index is -0.970. The van der Waals surface area contributed by atoms with Crippen molar-refractivity contribution in [2.45, 2.75) is 26.3 Å². The van der Waals surface area contributed by atoms with Gasteiger partial charge in [0.15, 0.2) is 0 Å². The van der Waals surface area contributed by atoms with Crippen molar-refractivity contribution in [3.8, 4) is 0 Å². The summed E-state index contributed by atoms with van der Waals surface area (Å²) in [6.07, 6.45) is 0. The molecule has 8 heteroatoms. The molecule has 0 spiro atoms. The molecule has 0 unspecified atom stereocenters. The Morgan fingerprint density at radius 1 is 1.33 bits per heavy atom. The van der Waals surface area contributed by atoms with E-state index in [1.165, 1.54) is 0 Å². The molecule has 8 nitrogen and oxygen atoms in total. The molecule has 2 saturated heterocycles. The van der Waals surface area contributed by atoms with Gasteiger partial charge in [-0.3, -0.25) is 14.5 Å². The molecule has 2 aliphatic rings. The fourth-order valence-corrected chi connectivity index (χ4v) is 3.28. The van der Waals surface area contributed by atoms with Crippen LogP contribution in [-0.2, 0) is 9.59 Å². The van der Waals surface area contributed by atoms with E-state index in [2.05, 4.69) is 17.1 Å². The molecule has 2 fully saturated rings. The molecule has 24 heavy (non-hydrogen) atoms. The minimum Gasteiger partial charge on any atom is -0.396 e. The quantitative estimate of drug-likeness (QED) is 0.626. The third-order valence-electron chi connectivity index (χ3n) is 4.99. The highest BCUT2D eigenvalue weighted by molar-refractivity contribution is 6.08. The Hall–Kier alpha value is -1.67. The third kappa shape index (κ3) is 3.70. The summed E-state index contributed by atoms with van der Waals surface area (Å²) in [6.45, 7) is 7.79. The van der Waals surface area contributed by atoms with Gasteiger partial charge in [-0.15, -0.1) is 0 Å². The third-order valence-corrected chi connectivity index (χ3v) is 4.99. The summed E-state index contributed by atoms with van der Waals surface area (Å²) in [4.78, 5) is 41.4. The van der Waals surface area contributed by atoms with Crippen molar-refractivity contribution >= 4 is 17.8 Å². The van der Waals surface area contributed by atoms with Gasteiger partial charge in [-0.25, -0.2) is 4.79 Å². The predicted octanol–water partition coefficient (Wildman–Crippen LogP) is -0.665. The number of rotatable bonds is 6. The topological polar surface area (TPSA) is 93.2 Å². The van der Waals surface area contributed by atoms with Crippen molar-refractivity contribution in [3.05, 3.63) is 0 Å². The summed E-state index contributed by atoms with van der Waals surface area (Å²) in [5.41, 5.74) is -0.970. The molecule has 2 atom stereocenters. The average molecular weight is 340 g/mol. The first kappa shape index (κ1) is 18.7. The molecule has 0 radical (unpaired) electrons. The van der Waals surface area contributed by atoms with Crippen LogP contribution >= 0.6 is 0 Å². The highest BCUT2D eigenvalue weighted by Gasteiger charge is 2.46. The van der Waals surface area contributed by atoms with Crippen molar-refractivity contribution < 1.29 is 19.5 Å². The van der Waals surface area contributed by atoms with Crippen LogP contribution < -0.4 is 5.32 Å². The van der Waals surface area contributed by atoms with Gasteiger partial charge in [0.2, 0.25) is 5.91 Å². The van der Waals surface area contributed by atoms with Crippen LogP contribution in [0.5, 0.6) is 0 Å². The van der Waals surface area contributed by atoms with Crippen molar-refractivity contribution in [1.82, 2.24) is 20.0 Å². The molecule has 0 aliphatic carbocycles. The number of nitrogens with zero attached hydrogens (tertiary/aromatic N) is 3. The number of nitrogens with one attached hydrogen (secondary N) is 1. The van der Waals surface area contributed by atoms with E-state index < -0.39 is 11.6 Å². The highest BCUT2D eigenvalue weighted by Crippen LogP contribution is 2.25. The van der Waals surface area contributed by atoms with Gasteiger partial charge >= 0.3 is 6.03 Å². The maximum atomic E-state index is 12.5. The zero-order chi connectivity index (χ0) is 18.1. The lowest BCUT2D eigenvalue weighted by atomic mass is 9.96. The van der Waals surface area contributed by atoms with Crippen LogP contribution in [-0.4, -0.2) is 89.6 Å². The monoisotopic (exact) mass is 340 g/mol. The molecule has 0 aromatic carbocycles. The number of carbonyl (C=O) groups excluding carboxylic acids is 3. The van der Waals surface area contributed by atoms with Crippen LogP contribution in [0.25, 0.3) is 0 Å². The molecule has 2 aliphatic heterocycles. The Morgan fingerprint density at radius 2 is 1.96 bits per heavy atom. The molecule has 0 bridgehead atoms. The second-order valence-corrected chi connectivity index (χ2v) is 7.30. The number of imide groups is 1. The maximum Gasteiger partial charge on any atom is 0.325 e. The van der Waals surface area contributed by atoms with E-state index >= 15 is 0 Å². The number of amides is 4. The lowest BCUT2D eigenvalue weighted by Gasteiger charge is -2.22. The Morgan fingerprint density at radius 3 is 2.46 bits per heavy atom.